The second-order valence-electron chi connectivity index (χ2n) is 9.32. The van der Waals surface area contributed by atoms with E-state index in [1.54, 1.807) is 16.7 Å². The lowest BCUT2D eigenvalue weighted by Gasteiger charge is -2.35. The number of hydrogen-bond acceptors (Lipinski definition) is 0. The van der Waals surface area contributed by atoms with Crippen molar-refractivity contribution in [3.63, 3.8) is 0 Å². The molecular formula is C26H30Si. The highest BCUT2D eigenvalue weighted by atomic mass is 28.3. The minimum atomic E-state index is -1.61. The van der Waals surface area contributed by atoms with Crippen LogP contribution in [-0.2, 0) is 0 Å². The molecule has 27 heavy (non-hydrogen) atoms. The minimum Gasteiger partial charge on any atom is -0.0800 e. The third kappa shape index (κ3) is 2.79. The van der Waals surface area contributed by atoms with Gasteiger partial charge in [0, 0.05) is 5.54 Å². The summed E-state index contributed by atoms with van der Waals surface area (Å²) in [5.74, 6) is 0.827. The van der Waals surface area contributed by atoms with E-state index in [2.05, 4.69) is 79.9 Å². The van der Waals surface area contributed by atoms with E-state index < -0.39 is 8.07 Å². The van der Waals surface area contributed by atoms with Gasteiger partial charge in [0.1, 0.15) is 0 Å². The molecular weight excluding hydrogens is 340 g/mol. The summed E-state index contributed by atoms with van der Waals surface area (Å²) >= 11 is 0. The largest absolute Gasteiger partial charge is 0.0800 e. The van der Waals surface area contributed by atoms with Gasteiger partial charge >= 0.3 is 0 Å². The smallest absolute Gasteiger partial charge is 0.0715 e. The van der Waals surface area contributed by atoms with Crippen LogP contribution in [0, 0.1) is 5.92 Å². The van der Waals surface area contributed by atoms with E-state index in [0.717, 1.165) is 5.92 Å². The molecule has 0 aliphatic heterocycles. The molecule has 0 saturated heterocycles. The molecule has 1 saturated carbocycles. The van der Waals surface area contributed by atoms with Gasteiger partial charge in [-0.3, -0.25) is 0 Å². The van der Waals surface area contributed by atoms with Crippen molar-refractivity contribution in [3.8, 4) is 11.1 Å². The van der Waals surface area contributed by atoms with Crippen LogP contribution in [0.2, 0.25) is 18.6 Å². The van der Waals surface area contributed by atoms with Crippen LogP contribution in [0.1, 0.15) is 48.8 Å². The first kappa shape index (κ1) is 17.2. The molecule has 2 aromatic rings. The molecule has 1 heteroatoms. The summed E-state index contributed by atoms with van der Waals surface area (Å²) in [5, 5.41) is 0. The van der Waals surface area contributed by atoms with Crippen LogP contribution in [0.25, 0.3) is 11.1 Å². The summed E-state index contributed by atoms with van der Waals surface area (Å²) in [6.07, 6.45) is 14.8. The maximum absolute atomic E-state index is 2.67. The first-order valence-electron chi connectivity index (χ1n) is 10.7. The van der Waals surface area contributed by atoms with Crippen molar-refractivity contribution in [3.05, 3.63) is 83.5 Å². The molecule has 3 aliphatic carbocycles. The van der Waals surface area contributed by atoms with Crippen LogP contribution in [0.15, 0.2) is 72.3 Å². The molecule has 138 valence electrons. The lowest BCUT2D eigenvalue weighted by Crippen LogP contribution is -2.38. The molecule has 0 heterocycles. The standard InChI is InChI=1S/C26H30Si/c1-27(2,21-17-16-20(18-21)19-10-4-3-5-11-19)26-24-14-8-6-12-22(24)23-13-7-9-15-25(23)26/h6-9,12-19,21,26H,3-5,10-11H2,1-2H3. The zero-order valence-corrected chi connectivity index (χ0v) is 17.6. The maximum Gasteiger partial charge on any atom is 0.0715 e. The van der Waals surface area contributed by atoms with Crippen LogP contribution in [0.3, 0.4) is 0 Å². The van der Waals surface area contributed by atoms with Gasteiger partial charge in [-0.2, -0.15) is 0 Å². The summed E-state index contributed by atoms with van der Waals surface area (Å²) < 4.78 is 0. The molecule has 0 aromatic heterocycles. The zero-order valence-electron chi connectivity index (χ0n) is 16.6. The molecule has 5 rings (SSSR count). The third-order valence-corrected chi connectivity index (χ3v) is 11.6. The number of rotatable bonds is 3. The molecule has 0 nitrogen and oxygen atoms in total. The molecule has 0 radical (unpaired) electrons. The Hall–Kier alpha value is -1.86. The molecule has 0 amide bonds. The maximum atomic E-state index is 2.67. The Kier molecular flexibility index (Phi) is 4.24. The highest BCUT2D eigenvalue weighted by molar-refractivity contribution is 6.82. The van der Waals surface area contributed by atoms with E-state index in [0.29, 0.717) is 11.1 Å². The molecule has 1 atom stereocenters. The monoisotopic (exact) mass is 370 g/mol. The van der Waals surface area contributed by atoms with Gasteiger partial charge in [0.05, 0.1) is 8.07 Å². The Morgan fingerprint density at radius 3 is 2.00 bits per heavy atom. The molecule has 0 spiro atoms. The number of hydrogen-bond donors (Lipinski definition) is 0. The van der Waals surface area contributed by atoms with Gasteiger partial charge < -0.3 is 0 Å². The Morgan fingerprint density at radius 1 is 0.778 bits per heavy atom. The van der Waals surface area contributed by atoms with Crippen LogP contribution in [0.4, 0.5) is 0 Å². The van der Waals surface area contributed by atoms with Crippen LogP contribution < -0.4 is 0 Å². The van der Waals surface area contributed by atoms with Gasteiger partial charge in [-0.1, -0.05) is 99.1 Å². The highest BCUT2D eigenvalue weighted by Gasteiger charge is 2.44. The van der Waals surface area contributed by atoms with Gasteiger partial charge in [0.2, 0.25) is 0 Å². The Labute approximate surface area is 165 Å². The van der Waals surface area contributed by atoms with Crippen molar-refractivity contribution >= 4 is 8.07 Å². The van der Waals surface area contributed by atoms with Gasteiger partial charge in [-0.05, 0) is 52.1 Å². The SMILES string of the molecule is C[Si](C)(C1C=CC(C2CCCCC2)=C1)C1c2ccccc2-c2ccccc21. The fourth-order valence-corrected chi connectivity index (χ4v) is 9.56. The van der Waals surface area contributed by atoms with Crippen molar-refractivity contribution in [2.75, 3.05) is 0 Å². The van der Waals surface area contributed by atoms with Gasteiger partial charge in [-0.25, -0.2) is 0 Å². The number of benzene rings is 2. The van der Waals surface area contributed by atoms with Crippen LogP contribution in [0.5, 0.6) is 0 Å². The van der Waals surface area contributed by atoms with E-state index in [4.69, 9.17) is 0 Å². The van der Waals surface area contributed by atoms with E-state index in [9.17, 15) is 0 Å². The van der Waals surface area contributed by atoms with E-state index in [1.807, 2.05) is 0 Å². The van der Waals surface area contributed by atoms with Crippen molar-refractivity contribution in [1.82, 2.24) is 0 Å². The lowest BCUT2D eigenvalue weighted by atomic mass is 9.84. The predicted molar refractivity (Wildman–Crippen MR) is 119 cm³/mol. The Balaban J connectivity index is 1.52. The molecule has 1 fully saturated rings. The second kappa shape index (κ2) is 6.63. The molecule has 0 N–H and O–H groups in total. The quantitative estimate of drug-likeness (QED) is 0.491. The van der Waals surface area contributed by atoms with Crippen LogP contribution >= 0.6 is 0 Å². The van der Waals surface area contributed by atoms with Crippen molar-refractivity contribution in [2.45, 2.75) is 56.3 Å². The zero-order chi connectivity index (χ0) is 18.4. The van der Waals surface area contributed by atoms with Crippen LogP contribution in [-0.4, -0.2) is 8.07 Å². The Bertz CT molecular complexity index is 866. The topological polar surface area (TPSA) is 0 Å². The summed E-state index contributed by atoms with van der Waals surface area (Å²) in [7, 11) is -1.61. The third-order valence-electron chi connectivity index (χ3n) is 7.38. The molecule has 2 aromatic carbocycles. The second-order valence-corrected chi connectivity index (χ2v) is 14.2. The highest BCUT2D eigenvalue weighted by Crippen LogP contribution is 2.53. The predicted octanol–water partition coefficient (Wildman–Crippen LogP) is 7.49. The van der Waals surface area contributed by atoms with E-state index >= 15 is 0 Å². The average Bonchev–Trinajstić information content (AvgIpc) is 3.33. The number of fused-ring (bicyclic) bond motifs is 3. The first-order valence-corrected chi connectivity index (χ1v) is 13.9. The van der Waals surface area contributed by atoms with Gasteiger partial charge in [-0.15, -0.1) is 0 Å². The van der Waals surface area contributed by atoms with Gasteiger partial charge in [0.25, 0.3) is 0 Å². The lowest BCUT2D eigenvalue weighted by molar-refractivity contribution is 0.408. The van der Waals surface area contributed by atoms with Crippen molar-refractivity contribution in [2.24, 2.45) is 5.92 Å². The molecule has 3 aliphatic rings. The van der Waals surface area contributed by atoms with Crippen molar-refractivity contribution < 1.29 is 0 Å². The van der Waals surface area contributed by atoms with E-state index in [-0.39, 0.29) is 0 Å². The average molecular weight is 371 g/mol. The van der Waals surface area contributed by atoms with Gasteiger partial charge in [0.15, 0.2) is 0 Å². The summed E-state index contributed by atoms with van der Waals surface area (Å²) in [6, 6.07) is 18.3. The molecule has 1 unspecified atom stereocenters. The normalized spacial score (nSPS) is 22.6. The summed E-state index contributed by atoms with van der Waals surface area (Å²) in [5.41, 5.74) is 8.99. The fourth-order valence-electron chi connectivity index (χ4n) is 5.85. The fraction of sp³-hybridized carbons (Fsp3) is 0.385. The molecule has 0 bridgehead atoms. The minimum absolute atomic E-state index is 0.599. The first-order chi connectivity index (χ1) is 13.2. The summed E-state index contributed by atoms with van der Waals surface area (Å²) in [4.78, 5) is 0. The van der Waals surface area contributed by atoms with E-state index in [1.165, 1.54) is 43.2 Å². The Morgan fingerprint density at radius 2 is 1.37 bits per heavy atom. The summed E-state index contributed by atoms with van der Waals surface area (Å²) in [6.45, 7) is 5.23. The number of allylic oxidation sites excluding steroid dienone is 4. The van der Waals surface area contributed by atoms with Crippen molar-refractivity contribution in [1.29, 1.82) is 0 Å².